The summed E-state index contributed by atoms with van der Waals surface area (Å²) >= 11 is 6.23. The Morgan fingerprint density at radius 3 is 2.60 bits per heavy atom. The van der Waals surface area contributed by atoms with Crippen molar-refractivity contribution in [3.05, 3.63) is 75.3 Å². The second-order valence-electron chi connectivity index (χ2n) is 7.49. The topological polar surface area (TPSA) is 81.3 Å². The van der Waals surface area contributed by atoms with Gasteiger partial charge in [-0.05, 0) is 30.7 Å². The van der Waals surface area contributed by atoms with Crippen molar-refractivity contribution in [3.8, 4) is 0 Å². The summed E-state index contributed by atoms with van der Waals surface area (Å²) in [4.78, 5) is 36.3. The molecule has 7 nitrogen and oxygen atoms in total. The van der Waals surface area contributed by atoms with E-state index in [-0.39, 0.29) is 17.6 Å². The molecule has 0 saturated carbocycles. The van der Waals surface area contributed by atoms with E-state index in [2.05, 4.69) is 20.2 Å². The molecule has 2 amide bonds. The smallest absolute Gasteiger partial charge is 0.317 e. The van der Waals surface area contributed by atoms with Crippen molar-refractivity contribution in [2.75, 3.05) is 26.2 Å². The van der Waals surface area contributed by atoms with Crippen LogP contribution in [0.15, 0.2) is 53.3 Å². The molecule has 1 aromatic heterocycles. The Bertz CT molecular complexity index is 1110. The Hall–Kier alpha value is -2.90. The van der Waals surface area contributed by atoms with Crippen LogP contribution in [0.2, 0.25) is 5.02 Å². The van der Waals surface area contributed by atoms with Crippen LogP contribution < -0.4 is 10.9 Å². The van der Waals surface area contributed by atoms with E-state index >= 15 is 0 Å². The second kappa shape index (κ2) is 8.85. The normalized spacial score (nSPS) is 15.9. The van der Waals surface area contributed by atoms with Gasteiger partial charge in [0.05, 0.1) is 23.5 Å². The van der Waals surface area contributed by atoms with Gasteiger partial charge in [0, 0.05) is 31.2 Å². The highest BCUT2D eigenvalue weighted by molar-refractivity contribution is 6.31. The van der Waals surface area contributed by atoms with Gasteiger partial charge in [0.15, 0.2) is 0 Å². The molecular formula is C22H24ClN5O2. The molecule has 0 spiro atoms. The van der Waals surface area contributed by atoms with Gasteiger partial charge in [0.25, 0.3) is 5.56 Å². The lowest BCUT2D eigenvalue weighted by Gasteiger charge is -2.35. The fourth-order valence-electron chi connectivity index (χ4n) is 3.71. The Kier molecular flexibility index (Phi) is 6.01. The average Bonchev–Trinajstić information content (AvgIpc) is 2.74. The Morgan fingerprint density at radius 2 is 1.83 bits per heavy atom. The van der Waals surface area contributed by atoms with Crippen molar-refractivity contribution < 1.29 is 4.79 Å². The first-order chi connectivity index (χ1) is 14.5. The lowest BCUT2D eigenvalue weighted by atomic mass is 10.1. The molecule has 2 heterocycles. The molecule has 4 rings (SSSR count). The largest absolute Gasteiger partial charge is 0.331 e. The molecule has 1 fully saturated rings. The van der Waals surface area contributed by atoms with E-state index < -0.39 is 0 Å². The molecule has 1 aliphatic rings. The predicted molar refractivity (Wildman–Crippen MR) is 118 cm³/mol. The number of aromatic amines is 1. The van der Waals surface area contributed by atoms with Gasteiger partial charge in [-0.15, -0.1) is 0 Å². The highest BCUT2D eigenvalue weighted by Crippen LogP contribution is 2.22. The van der Waals surface area contributed by atoms with Crippen LogP contribution in [-0.2, 0) is 6.54 Å². The molecule has 156 valence electrons. The minimum absolute atomic E-state index is 0.0979. The van der Waals surface area contributed by atoms with E-state index in [4.69, 9.17) is 11.6 Å². The molecule has 30 heavy (non-hydrogen) atoms. The minimum atomic E-state index is -0.170. The van der Waals surface area contributed by atoms with Crippen LogP contribution in [0.3, 0.4) is 0 Å². The molecule has 1 saturated heterocycles. The lowest BCUT2D eigenvalue weighted by Crippen LogP contribution is -2.51. The van der Waals surface area contributed by atoms with E-state index in [0.717, 1.165) is 5.56 Å². The number of benzene rings is 2. The number of amides is 2. The lowest BCUT2D eigenvalue weighted by molar-refractivity contribution is 0.132. The predicted octanol–water partition coefficient (Wildman–Crippen LogP) is 3.16. The van der Waals surface area contributed by atoms with Crippen molar-refractivity contribution in [2.45, 2.75) is 19.5 Å². The summed E-state index contributed by atoms with van der Waals surface area (Å²) in [6, 6.07) is 14.6. The number of carbonyl (C=O) groups excluding carboxylic acids is 1. The molecule has 0 aliphatic carbocycles. The summed E-state index contributed by atoms with van der Waals surface area (Å²) in [5, 5.41) is 4.26. The molecule has 2 aromatic carbocycles. The maximum atomic E-state index is 12.6. The van der Waals surface area contributed by atoms with Gasteiger partial charge in [-0.3, -0.25) is 9.69 Å². The van der Waals surface area contributed by atoms with Crippen LogP contribution in [0, 0.1) is 0 Å². The molecule has 2 N–H and O–H groups in total. The molecular weight excluding hydrogens is 402 g/mol. The zero-order valence-electron chi connectivity index (χ0n) is 16.8. The Morgan fingerprint density at radius 1 is 1.13 bits per heavy atom. The fraction of sp³-hybridized carbons (Fsp3) is 0.318. The summed E-state index contributed by atoms with van der Waals surface area (Å²) in [7, 11) is 0. The van der Waals surface area contributed by atoms with Crippen molar-refractivity contribution in [2.24, 2.45) is 0 Å². The van der Waals surface area contributed by atoms with Crippen LogP contribution in [0.1, 0.15) is 24.4 Å². The summed E-state index contributed by atoms with van der Waals surface area (Å²) in [5.74, 6) is 0.643. The number of H-pyrrole nitrogens is 1. The third-order valence-corrected chi connectivity index (χ3v) is 5.75. The maximum absolute atomic E-state index is 12.6. The monoisotopic (exact) mass is 425 g/mol. The first kappa shape index (κ1) is 20.4. The molecule has 1 atom stereocenters. The van der Waals surface area contributed by atoms with Gasteiger partial charge in [-0.25, -0.2) is 9.78 Å². The molecule has 1 aliphatic heterocycles. The summed E-state index contributed by atoms with van der Waals surface area (Å²) < 4.78 is 0. The number of hydrogen-bond donors (Lipinski definition) is 2. The first-order valence-corrected chi connectivity index (χ1v) is 10.4. The van der Waals surface area contributed by atoms with Gasteiger partial charge in [-0.1, -0.05) is 41.9 Å². The minimum Gasteiger partial charge on any atom is -0.331 e. The Balaban J connectivity index is 1.33. The van der Waals surface area contributed by atoms with Gasteiger partial charge >= 0.3 is 6.03 Å². The maximum Gasteiger partial charge on any atom is 0.317 e. The highest BCUT2D eigenvalue weighted by Gasteiger charge is 2.23. The zero-order chi connectivity index (χ0) is 21.1. The van der Waals surface area contributed by atoms with Crippen molar-refractivity contribution in [3.63, 3.8) is 0 Å². The Labute approximate surface area is 179 Å². The third kappa shape index (κ3) is 4.47. The van der Waals surface area contributed by atoms with E-state index in [1.165, 1.54) is 0 Å². The molecule has 8 heteroatoms. The third-order valence-electron chi connectivity index (χ3n) is 5.41. The van der Waals surface area contributed by atoms with Crippen molar-refractivity contribution >= 4 is 28.5 Å². The SMILES string of the molecule is CC(NC(=O)N1CCN(Cc2nc3ccccc3c(=O)[nH]2)CC1)c1ccccc1Cl. The quantitative estimate of drug-likeness (QED) is 0.672. The fourth-order valence-corrected chi connectivity index (χ4v) is 4.01. The van der Waals surface area contributed by atoms with Crippen LogP contribution in [0.4, 0.5) is 4.79 Å². The van der Waals surface area contributed by atoms with Gasteiger partial charge in [-0.2, -0.15) is 0 Å². The average molecular weight is 426 g/mol. The van der Waals surface area contributed by atoms with Gasteiger partial charge in [0.1, 0.15) is 5.82 Å². The number of urea groups is 1. The van der Waals surface area contributed by atoms with E-state index in [0.29, 0.717) is 54.5 Å². The van der Waals surface area contributed by atoms with Crippen molar-refractivity contribution in [1.82, 2.24) is 25.1 Å². The summed E-state index contributed by atoms with van der Waals surface area (Å²) in [5.41, 5.74) is 1.47. The summed E-state index contributed by atoms with van der Waals surface area (Å²) in [6.07, 6.45) is 0. The first-order valence-electron chi connectivity index (χ1n) is 10.0. The molecule has 0 radical (unpaired) electrons. The standard InChI is InChI=1S/C22H24ClN5O2/c1-15(16-6-2-4-8-18(16)23)24-22(30)28-12-10-27(11-13-28)14-20-25-19-9-5-3-7-17(19)21(29)26-20/h2-9,15H,10-14H2,1H3,(H,24,30)(H,25,26,29). The number of piperazine rings is 1. The van der Waals surface area contributed by atoms with E-state index in [1.807, 2.05) is 49.4 Å². The number of aromatic nitrogens is 2. The number of carbonyl (C=O) groups is 1. The number of fused-ring (bicyclic) bond motifs is 1. The van der Waals surface area contributed by atoms with Gasteiger partial charge in [0.2, 0.25) is 0 Å². The molecule has 1 unspecified atom stereocenters. The summed E-state index contributed by atoms with van der Waals surface area (Å²) in [6.45, 7) is 5.12. The molecule has 3 aromatic rings. The zero-order valence-corrected chi connectivity index (χ0v) is 17.5. The molecule has 0 bridgehead atoms. The number of nitrogens with zero attached hydrogens (tertiary/aromatic N) is 3. The van der Waals surface area contributed by atoms with Crippen molar-refractivity contribution in [1.29, 1.82) is 0 Å². The number of halogens is 1. The number of para-hydroxylation sites is 1. The number of rotatable bonds is 4. The van der Waals surface area contributed by atoms with Crippen LogP contribution >= 0.6 is 11.6 Å². The van der Waals surface area contributed by atoms with E-state index in [9.17, 15) is 9.59 Å². The highest BCUT2D eigenvalue weighted by atomic mass is 35.5. The van der Waals surface area contributed by atoms with Crippen LogP contribution in [-0.4, -0.2) is 52.0 Å². The number of hydrogen-bond acceptors (Lipinski definition) is 4. The number of nitrogens with one attached hydrogen (secondary N) is 2. The second-order valence-corrected chi connectivity index (χ2v) is 7.89. The van der Waals surface area contributed by atoms with Crippen LogP contribution in [0.5, 0.6) is 0 Å². The van der Waals surface area contributed by atoms with Crippen LogP contribution in [0.25, 0.3) is 10.9 Å². The van der Waals surface area contributed by atoms with Gasteiger partial charge < -0.3 is 15.2 Å². The van der Waals surface area contributed by atoms with E-state index in [1.54, 1.807) is 11.0 Å².